The first-order chi connectivity index (χ1) is 15.6. The van der Waals surface area contributed by atoms with Crippen molar-refractivity contribution in [3.63, 3.8) is 0 Å². The van der Waals surface area contributed by atoms with Gasteiger partial charge in [-0.05, 0) is 56.2 Å². The lowest BCUT2D eigenvalue weighted by molar-refractivity contribution is 0.0515. The van der Waals surface area contributed by atoms with Crippen molar-refractivity contribution >= 4 is 27.7 Å². The van der Waals surface area contributed by atoms with Crippen molar-refractivity contribution in [2.75, 3.05) is 13.7 Å². The molecule has 0 bridgehead atoms. The molecule has 0 radical (unpaired) electrons. The van der Waals surface area contributed by atoms with Crippen LogP contribution in [0.15, 0.2) is 52.2 Å². The lowest BCUT2D eigenvalue weighted by atomic mass is 10.1. The summed E-state index contributed by atoms with van der Waals surface area (Å²) in [7, 11) is -3.20. The molecule has 0 aliphatic rings. The van der Waals surface area contributed by atoms with E-state index in [9.17, 15) is 18.0 Å². The Hall–Kier alpha value is -3.37. The molecule has 0 N–H and O–H groups in total. The van der Waals surface area contributed by atoms with Crippen LogP contribution in [0.4, 0.5) is 0 Å². The molecule has 1 aromatic heterocycles. The maximum absolute atomic E-state index is 13.1. The second-order valence-corrected chi connectivity index (χ2v) is 8.83. The first kappa shape index (κ1) is 24.3. The molecule has 0 atom stereocenters. The van der Waals surface area contributed by atoms with E-state index in [0.717, 1.165) is 16.3 Å². The molecule has 11 heteroatoms. The van der Waals surface area contributed by atoms with Gasteiger partial charge in [-0.15, -0.1) is 0 Å². The van der Waals surface area contributed by atoms with Crippen LogP contribution in [0.3, 0.4) is 0 Å². The molecule has 0 aliphatic heterocycles. The largest absolute Gasteiger partial charge is 0.495 e. The highest BCUT2D eigenvalue weighted by Gasteiger charge is 2.28. The number of aromatic nitrogens is 2. The van der Waals surface area contributed by atoms with Gasteiger partial charge in [-0.25, -0.2) is 4.79 Å². The van der Waals surface area contributed by atoms with Crippen LogP contribution in [0, 0.1) is 13.8 Å². The number of hydrogen-bond donors (Lipinski definition) is 0. The number of carbonyl (C=O) groups excluding carboxylic acids is 1. The van der Waals surface area contributed by atoms with Gasteiger partial charge in [-0.2, -0.15) is 18.2 Å². The van der Waals surface area contributed by atoms with Crippen molar-refractivity contribution in [2.24, 2.45) is 0 Å². The Morgan fingerprint density at radius 2 is 1.76 bits per heavy atom. The number of esters is 1. The SMILES string of the molecule is CCOC(=O)c1nn(-c2ccccc2Cl)c(=O)cc1OS(=O)(=O)c1cc(C)c(C)cc1OC. The maximum atomic E-state index is 13.1. The normalized spacial score (nSPS) is 11.2. The van der Waals surface area contributed by atoms with Gasteiger partial charge in [0.1, 0.15) is 10.6 Å². The molecule has 9 nitrogen and oxygen atoms in total. The first-order valence-corrected chi connectivity index (χ1v) is 11.5. The number of hydrogen-bond acceptors (Lipinski definition) is 8. The summed E-state index contributed by atoms with van der Waals surface area (Å²) in [5.41, 5.74) is 0.397. The second kappa shape index (κ2) is 9.63. The van der Waals surface area contributed by atoms with E-state index in [1.54, 1.807) is 39.0 Å². The first-order valence-electron chi connectivity index (χ1n) is 9.75. The number of ether oxygens (including phenoxy) is 2. The number of rotatable bonds is 7. The number of methoxy groups -OCH3 is 1. The van der Waals surface area contributed by atoms with Crippen LogP contribution in [0.5, 0.6) is 11.5 Å². The standard InChI is InChI=1S/C22H21ClN2O7S/c1-5-31-22(27)21-18(12-20(26)25(24-21)16-9-7-6-8-15(16)23)32-33(28,29)19-11-14(3)13(2)10-17(19)30-4/h6-12H,5H2,1-4H3. The second-order valence-electron chi connectivity index (χ2n) is 6.90. The fourth-order valence-corrected chi connectivity index (χ4v) is 4.30. The Bertz CT molecular complexity index is 1380. The summed E-state index contributed by atoms with van der Waals surface area (Å²) in [6.45, 7) is 5.08. The Balaban J connectivity index is 2.18. The quantitative estimate of drug-likeness (QED) is 0.364. The molecule has 3 rings (SSSR count). The monoisotopic (exact) mass is 492 g/mol. The zero-order chi connectivity index (χ0) is 24.3. The number of para-hydroxylation sites is 1. The van der Waals surface area contributed by atoms with Crippen molar-refractivity contribution < 1.29 is 26.9 Å². The summed E-state index contributed by atoms with van der Waals surface area (Å²) in [5.74, 6) is -1.51. The molecule has 0 unspecified atom stereocenters. The molecular formula is C22H21ClN2O7S. The molecule has 0 fully saturated rings. The van der Waals surface area contributed by atoms with Gasteiger partial charge in [0, 0.05) is 0 Å². The minimum absolute atomic E-state index is 0.0110. The third kappa shape index (κ3) is 5.01. The van der Waals surface area contributed by atoms with Crippen molar-refractivity contribution in [2.45, 2.75) is 25.7 Å². The summed E-state index contributed by atoms with van der Waals surface area (Å²) >= 11 is 6.15. The molecule has 2 aromatic carbocycles. The zero-order valence-corrected chi connectivity index (χ0v) is 19.9. The van der Waals surface area contributed by atoms with Crippen LogP contribution in [-0.4, -0.2) is 37.9 Å². The van der Waals surface area contributed by atoms with Crippen LogP contribution in [-0.2, 0) is 14.9 Å². The molecular weight excluding hydrogens is 472 g/mol. The van der Waals surface area contributed by atoms with E-state index in [4.69, 9.17) is 25.3 Å². The van der Waals surface area contributed by atoms with E-state index < -0.39 is 33.1 Å². The summed E-state index contributed by atoms with van der Waals surface area (Å²) in [5, 5.41) is 4.20. The number of halogens is 1. The Morgan fingerprint density at radius 3 is 2.39 bits per heavy atom. The summed E-state index contributed by atoms with van der Waals surface area (Å²) in [4.78, 5) is 25.1. The predicted octanol–water partition coefficient (Wildman–Crippen LogP) is 3.46. The van der Waals surface area contributed by atoms with Crippen LogP contribution >= 0.6 is 11.6 Å². The molecule has 3 aromatic rings. The topological polar surface area (TPSA) is 114 Å². The molecule has 174 valence electrons. The molecule has 0 saturated carbocycles. The average Bonchev–Trinajstić information content (AvgIpc) is 2.76. The van der Waals surface area contributed by atoms with E-state index in [1.165, 1.54) is 25.3 Å². The molecule has 1 heterocycles. The Labute approximate surface area is 195 Å². The number of nitrogens with zero attached hydrogens (tertiary/aromatic N) is 2. The number of carbonyl (C=O) groups is 1. The van der Waals surface area contributed by atoms with Crippen molar-refractivity contribution in [1.29, 1.82) is 0 Å². The number of benzene rings is 2. The molecule has 0 aliphatic carbocycles. The van der Waals surface area contributed by atoms with Gasteiger partial charge in [-0.3, -0.25) is 4.79 Å². The molecule has 0 amide bonds. The van der Waals surface area contributed by atoms with E-state index in [-0.39, 0.29) is 28.0 Å². The van der Waals surface area contributed by atoms with E-state index in [1.807, 2.05) is 0 Å². The number of aryl methyl sites for hydroxylation is 2. The van der Waals surface area contributed by atoms with Gasteiger partial charge >= 0.3 is 16.1 Å². The Morgan fingerprint density at radius 1 is 1.09 bits per heavy atom. The highest BCUT2D eigenvalue weighted by atomic mass is 35.5. The van der Waals surface area contributed by atoms with Crippen molar-refractivity contribution in [1.82, 2.24) is 9.78 Å². The highest BCUT2D eigenvalue weighted by molar-refractivity contribution is 7.87. The van der Waals surface area contributed by atoms with Crippen LogP contribution in [0.25, 0.3) is 5.69 Å². The van der Waals surface area contributed by atoms with Crippen LogP contribution < -0.4 is 14.5 Å². The maximum Gasteiger partial charge on any atom is 0.362 e. The van der Waals surface area contributed by atoms with Crippen molar-refractivity contribution in [3.05, 3.63) is 74.7 Å². The highest BCUT2D eigenvalue weighted by Crippen LogP contribution is 2.30. The van der Waals surface area contributed by atoms with Gasteiger partial charge in [-0.1, -0.05) is 23.7 Å². The van der Waals surface area contributed by atoms with Crippen LogP contribution in [0.1, 0.15) is 28.5 Å². The summed E-state index contributed by atoms with van der Waals surface area (Å²) in [6, 6.07) is 10.1. The smallest absolute Gasteiger partial charge is 0.362 e. The molecule has 0 spiro atoms. The van der Waals surface area contributed by atoms with Gasteiger partial charge in [0.2, 0.25) is 5.69 Å². The Kier molecular flexibility index (Phi) is 7.09. The molecule has 33 heavy (non-hydrogen) atoms. The lowest BCUT2D eigenvalue weighted by Gasteiger charge is -2.15. The van der Waals surface area contributed by atoms with E-state index in [2.05, 4.69) is 5.10 Å². The minimum atomic E-state index is -4.52. The zero-order valence-electron chi connectivity index (χ0n) is 18.3. The minimum Gasteiger partial charge on any atom is -0.495 e. The third-order valence-corrected chi connectivity index (χ3v) is 6.27. The van der Waals surface area contributed by atoms with Gasteiger partial charge in [0.15, 0.2) is 5.75 Å². The van der Waals surface area contributed by atoms with Gasteiger partial charge in [0.25, 0.3) is 5.56 Å². The summed E-state index contributed by atoms with van der Waals surface area (Å²) in [6.07, 6.45) is 0. The van der Waals surface area contributed by atoms with Crippen LogP contribution in [0.2, 0.25) is 5.02 Å². The third-order valence-electron chi connectivity index (χ3n) is 4.69. The average molecular weight is 493 g/mol. The van der Waals surface area contributed by atoms with E-state index in [0.29, 0.717) is 5.56 Å². The van der Waals surface area contributed by atoms with E-state index >= 15 is 0 Å². The fraction of sp³-hybridized carbons (Fsp3) is 0.227. The van der Waals surface area contributed by atoms with Crippen molar-refractivity contribution in [3.8, 4) is 17.2 Å². The van der Waals surface area contributed by atoms with Gasteiger partial charge < -0.3 is 13.7 Å². The predicted molar refractivity (Wildman–Crippen MR) is 121 cm³/mol. The fourth-order valence-electron chi connectivity index (χ4n) is 2.92. The lowest BCUT2D eigenvalue weighted by Crippen LogP contribution is -2.26. The summed E-state index contributed by atoms with van der Waals surface area (Å²) < 4.78 is 42.4. The molecule has 0 saturated heterocycles. The van der Waals surface area contributed by atoms with Gasteiger partial charge in [0.05, 0.1) is 30.5 Å².